The molecule has 5 nitrogen and oxygen atoms in total. The first-order valence-electron chi connectivity index (χ1n) is 9.96. The molecule has 2 aliphatic rings. The molecule has 26 heavy (non-hydrogen) atoms. The lowest BCUT2D eigenvalue weighted by Gasteiger charge is -2.33. The van der Waals surface area contributed by atoms with Crippen LogP contribution in [0.5, 0.6) is 6.01 Å². The van der Waals surface area contributed by atoms with Gasteiger partial charge in [0.25, 0.3) is 0 Å². The number of carbonyl (C=O) groups excluding carboxylic acids is 1. The molecule has 0 aromatic carbocycles. The normalized spacial score (nSPS) is 29.4. The number of nitrogens with one attached hydrogen (secondary N) is 1. The monoisotopic (exact) mass is 363 g/mol. The van der Waals surface area contributed by atoms with Gasteiger partial charge in [0, 0.05) is 12.0 Å². The van der Waals surface area contributed by atoms with Crippen molar-refractivity contribution in [3.05, 3.63) is 18.2 Å². The van der Waals surface area contributed by atoms with E-state index < -0.39 is 5.82 Å². The zero-order valence-corrected chi connectivity index (χ0v) is 15.8. The minimum atomic E-state index is -0.466. The van der Waals surface area contributed by atoms with Crippen LogP contribution in [0.4, 0.5) is 4.39 Å². The molecule has 1 heterocycles. The van der Waals surface area contributed by atoms with Crippen molar-refractivity contribution >= 4 is 5.91 Å². The fraction of sp³-hybridized carbons (Fsp3) is 0.750. The molecule has 0 spiro atoms. The molecule has 0 atom stereocenters. The van der Waals surface area contributed by atoms with Gasteiger partial charge in [-0.25, -0.2) is 14.4 Å². The average molecular weight is 363 g/mol. The first kappa shape index (κ1) is 19.1. The van der Waals surface area contributed by atoms with Crippen LogP contribution in [-0.2, 0) is 4.79 Å². The summed E-state index contributed by atoms with van der Waals surface area (Å²) in [5.41, 5.74) is 0. The van der Waals surface area contributed by atoms with Gasteiger partial charge in [-0.3, -0.25) is 4.79 Å². The molecule has 1 aromatic rings. The third-order valence-electron chi connectivity index (χ3n) is 5.97. The van der Waals surface area contributed by atoms with Crippen LogP contribution in [0.15, 0.2) is 12.4 Å². The smallest absolute Gasteiger partial charge is 0.316 e. The van der Waals surface area contributed by atoms with Crippen molar-refractivity contribution in [3.8, 4) is 6.01 Å². The van der Waals surface area contributed by atoms with E-state index in [0.29, 0.717) is 0 Å². The molecule has 2 saturated carbocycles. The van der Waals surface area contributed by atoms with Crippen molar-refractivity contribution < 1.29 is 13.9 Å². The second-order valence-electron chi connectivity index (χ2n) is 8.14. The third-order valence-corrected chi connectivity index (χ3v) is 5.97. The lowest BCUT2D eigenvalue weighted by Crippen LogP contribution is -2.43. The number of rotatable bonds is 5. The van der Waals surface area contributed by atoms with Crippen LogP contribution >= 0.6 is 0 Å². The van der Waals surface area contributed by atoms with E-state index in [2.05, 4.69) is 29.1 Å². The quantitative estimate of drug-likeness (QED) is 0.862. The van der Waals surface area contributed by atoms with Crippen LogP contribution in [0.1, 0.15) is 65.2 Å². The molecule has 0 saturated heterocycles. The van der Waals surface area contributed by atoms with Gasteiger partial charge in [-0.1, -0.05) is 13.8 Å². The summed E-state index contributed by atoms with van der Waals surface area (Å²) in [5.74, 6) is 1.45. The maximum atomic E-state index is 12.8. The molecule has 1 aromatic heterocycles. The summed E-state index contributed by atoms with van der Waals surface area (Å²) in [7, 11) is 0. The van der Waals surface area contributed by atoms with Gasteiger partial charge >= 0.3 is 6.01 Å². The number of nitrogens with zero attached hydrogens (tertiary/aromatic N) is 2. The Labute approximate surface area is 155 Å². The van der Waals surface area contributed by atoms with Crippen molar-refractivity contribution in [2.75, 3.05) is 0 Å². The lowest BCUT2D eigenvalue weighted by molar-refractivity contribution is -0.127. The Kier molecular flexibility index (Phi) is 6.43. The van der Waals surface area contributed by atoms with Gasteiger partial charge in [-0.05, 0) is 63.2 Å². The van der Waals surface area contributed by atoms with E-state index >= 15 is 0 Å². The Morgan fingerprint density at radius 1 is 1.08 bits per heavy atom. The SMILES string of the molecule is CC(C)C1CCC(C(=O)NC2CCC(Oc3ncc(F)cn3)CC2)CC1. The molecular weight excluding hydrogens is 333 g/mol. The van der Waals surface area contributed by atoms with E-state index in [1.807, 2.05) is 0 Å². The molecule has 2 aliphatic carbocycles. The maximum absolute atomic E-state index is 12.8. The Hall–Kier alpha value is -1.72. The molecule has 1 N–H and O–H groups in total. The molecule has 0 unspecified atom stereocenters. The standard InChI is InChI=1S/C20H30FN3O2/c1-13(2)14-3-5-15(6-4-14)19(25)24-17-7-9-18(10-8-17)26-20-22-11-16(21)12-23-20/h11-15,17-18H,3-10H2,1-2H3,(H,24,25). The molecule has 0 radical (unpaired) electrons. The van der Waals surface area contributed by atoms with Crippen LogP contribution in [0.3, 0.4) is 0 Å². The number of hydrogen-bond donors (Lipinski definition) is 1. The van der Waals surface area contributed by atoms with Crippen molar-refractivity contribution in [2.45, 2.75) is 77.4 Å². The minimum absolute atomic E-state index is 0.0371. The largest absolute Gasteiger partial charge is 0.460 e. The van der Waals surface area contributed by atoms with Crippen LogP contribution in [-0.4, -0.2) is 28.0 Å². The maximum Gasteiger partial charge on any atom is 0.316 e. The molecule has 6 heteroatoms. The lowest BCUT2D eigenvalue weighted by atomic mass is 9.76. The summed E-state index contributed by atoms with van der Waals surface area (Å²) < 4.78 is 18.5. The molecule has 0 aliphatic heterocycles. The molecule has 144 valence electrons. The van der Waals surface area contributed by atoms with Gasteiger partial charge in [0.05, 0.1) is 12.4 Å². The first-order valence-corrected chi connectivity index (χ1v) is 9.96. The van der Waals surface area contributed by atoms with Crippen molar-refractivity contribution in [3.63, 3.8) is 0 Å². The Bertz CT molecular complexity index is 577. The Morgan fingerprint density at radius 2 is 1.69 bits per heavy atom. The van der Waals surface area contributed by atoms with Gasteiger partial charge in [0.15, 0.2) is 5.82 Å². The average Bonchev–Trinajstić information content (AvgIpc) is 2.65. The summed E-state index contributed by atoms with van der Waals surface area (Å²) >= 11 is 0. The highest BCUT2D eigenvalue weighted by Gasteiger charge is 2.30. The fourth-order valence-electron chi connectivity index (χ4n) is 4.20. The van der Waals surface area contributed by atoms with Gasteiger partial charge < -0.3 is 10.1 Å². The van der Waals surface area contributed by atoms with Crippen LogP contribution in [0, 0.1) is 23.6 Å². The van der Waals surface area contributed by atoms with Crippen LogP contribution in [0.25, 0.3) is 0 Å². The Balaban J connectivity index is 1.38. The predicted octanol–water partition coefficient (Wildman–Crippen LogP) is 3.88. The number of aromatic nitrogens is 2. The molecule has 0 bridgehead atoms. The highest BCUT2D eigenvalue weighted by atomic mass is 19.1. The highest BCUT2D eigenvalue weighted by molar-refractivity contribution is 5.79. The van der Waals surface area contributed by atoms with Crippen molar-refractivity contribution in [1.82, 2.24) is 15.3 Å². The molecule has 2 fully saturated rings. The number of amides is 1. The van der Waals surface area contributed by atoms with Crippen molar-refractivity contribution in [1.29, 1.82) is 0 Å². The zero-order chi connectivity index (χ0) is 18.5. The van der Waals surface area contributed by atoms with Gasteiger partial charge in [0.2, 0.25) is 5.91 Å². The van der Waals surface area contributed by atoms with E-state index in [1.165, 1.54) is 12.8 Å². The topological polar surface area (TPSA) is 64.1 Å². The summed E-state index contributed by atoms with van der Waals surface area (Å²) in [5, 5.41) is 3.25. The number of hydrogen-bond acceptors (Lipinski definition) is 4. The number of ether oxygens (including phenoxy) is 1. The van der Waals surface area contributed by atoms with E-state index in [4.69, 9.17) is 4.74 Å². The zero-order valence-electron chi connectivity index (χ0n) is 15.8. The predicted molar refractivity (Wildman–Crippen MR) is 97.1 cm³/mol. The fourth-order valence-corrected chi connectivity index (χ4v) is 4.20. The highest BCUT2D eigenvalue weighted by Crippen LogP contribution is 2.33. The van der Waals surface area contributed by atoms with Crippen LogP contribution in [0.2, 0.25) is 0 Å². The molecular formula is C20H30FN3O2. The second kappa shape index (κ2) is 8.78. The van der Waals surface area contributed by atoms with Crippen LogP contribution < -0.4 is 10.1 Å². The van der Waals surface area contributed by atoms with E-state index in [1.54, 1.807) is 0 Å². The Morgan fingerprint density at radius 3 is 2.27 bits per heavy atom. The number of carbonyl (C=O) groups is 1. The third kappa shape index (κ3) is 5.15. The first-order chi connectivity index (χ1) is 12.5. The van der Waals surface area contributed by atoms with Gasteiger partial charge in [0.1, 0.15) is 6.10 Å². The van der Waals surface area contributed by atoms with E-state index in [-0.39, 0.29) is 30.0 Å². The molecule has 3 rings (SSSR count). The van der Waals surface area contributed by atoms with E-state index in [9.17, 15) is 9.18 Å². The summed E-state index contributed by atoms with van der Waals surface area (Å²) in [6, 6.07) is 0.458. The summed E-state index contributed by atoms with van der Waals surface area (Å²) in [6.07, 6.45) is 10.2. The summed E-state index contributed by atoms with van der Waals surface area (Å²) in [6.45, 7) is 4.56. The molecule has 1 amide bonds. The second-order valence-corrected chi connectivity index (χ2v) is 8.14. The van der Waals surface area contributed by atoms with Gasteiger partial charge in [-0.15, -0.1) is 0 Å². The van der Waals surface area contributed by atoms with E-state index in [0.717, 1.165) is 62.8 Å². The summed E-state index contributed by atoms with van der Waals surface area (Å²) in [4.78, 5) is 20.2. The van der Waals surface area contributed by atoms with Crippen molar-refractivity contribution in [2.24, 2.45) is 17.8 Å². The minimum Gasteiger partial charge on any atom is -0.460 e. The van der Waals surface area contributed by atoms with Gasteiger partial charge in [-0.2, -0.15) is 0 Å². The number of halogens is 1.